The Balaban J connectivity index is 1.21. The van der Waals surface area contributed by atoms with Gasteiger partial charge in [0, 0.05) is 37.8 Å². The number of anilines is 1. The quantitative estimate of drug-likeness (QED) is 0.417. The minimum atomic E-state index is -0.183. The molecule has 2 fully saturated rings. The molecule has 10 heteroatoms. The molecule has 1 aromatic heterocycles. The monoisotopic (exact) mass is 549 g/mol. The number of hydrogen-bond donors (Lipinski definition) is 0. The summed E-state index contributed by atoms with van der Waals surface area (Å²) in [5.74, 6) is 1.83. The predicted molar refractivity (Wildman–Crippen MR) is 149 cm³/mol. The molecular weight excluding hydrogens is 518 g/mol. The molecule has 0 spiro atoms. The first kappa shape index (κ1) is 26.7. The average Bonchev–Trinajstić information content (AvgIpc) is 3.83. The topological polar surface area (TPSA) is 88.1 Å². The molecular formula is C29H32ClN5O4. The third-order valence-electron chi connectivity index (χ3n) is 7.16. The van der Waals surface area contributed by atoms with Crippen LogP contribution in [0.1, 0.15) is 29.6 Å². The van der Waals surface area contributed by atoms with Crippen LogP contribution >= 0.6 is 11.6 Å². The highest BCUT2D eigenvalue weighted by Crippen LogP contribution is 2.32. The molecule has 0 radical (unpaired) electrons. The van der Waals surface area contributed by atoms with Crippen molar-refractivity contribution in [1.29, 1.82) is 0 Å². The number of ether oxygens (including phenoxy) is 2. The van der Waals surface area contributed by atoms with Crippen LogP contribution in [-0.4, -0.2) is 84.8 Å². The molecule has 3 aromatic rings. The van der Waals surface area contributed by atoms with Gasteiger partial charge in [-0.3, -0.25) is 9.59 Å². The van der Waals surface area contributed by atoms with Crippen LogP contribution in [0.5, 0.6) is 11.5 Å². The minimum Gasteiger partial charge on any atom is -0.493 e. The predicted octanol–water partition coefficient (Wildman–Crippen LogP) is 4.16. The fraction of sp³-hybridized carbons (Fsp3) is 0.379. The fourth-order valence-corrected chi connectivity index (χ4v) is 5.04. The first-order chi connectivity index (χ1) is 19.0. The number of carbonyl (C=O) groups is 2. The summed E-state index contributed by atoms with van der Waals surface area (Å²) >= 11 is 6.27. The van der Waals surface area contributed by atoms with Crippen LogP contribution in [0.4, 0.5) is 5.82 Å². The zero-order chi connectivity index (χ0) is 27.4. The molecule has 1 saturated heterocycles. The maximum atomic E-state index is 13.3. The third kappa shape index (κ3) is 6.09. The molecule has 1 aliphatic heterocycles. The van der Waals surface area contributed by atoms with Crippen molar-refractivity contribution in [2.75, 3.05) is 51.8 Å². The van der Waals surface area contributed by atoms with Gasteiger partial charge in [-0.25, -0.2) is 0 Å². The summed E-state index contributed by atoms with van der Waals surface area (Å²) in [4.78, 5) is 32.2. The summed E-state index contributed by atoms with van der Waals surface area (Å²) in [7, 11) is 3.20. The molecule has 2 aromatic carbocycles. The van der Waals surface area contributed by atoms with Crippen LogP contribution in [0.15, 0.2) is 54.6 Å². The van der Waals surface area contributed by atoms with E-state index < -0.39 is 0 Å². The lowest BCUT2D eigenvalue weighted by Crippen LogP contribution is -2.45. The number of nitrogens with zero attached hydrogens (tertiary/aromatic N) is 5. The van der Waals surface area contributed by atoms with E-state index >= 15 is 0 Å². The van der Waals surface area contributed by atoms with Crippen LogP contribution in [0.3, 0.4) is 0 Å². The van der Waals surface area contributed by atoms with Crippen LogP contribution < -0.4 is 14.4 Å². The van der Waals surface area contributed by atoms with E-state index in [1.165, 1.54) is 0 Å². The number of carbonyl (C=O) groups excluding carboxylic acids is 2. The van der Waals surface area contributed by atoms with Gasteiger partial charge < -0.3 is 24.2 Å². The molecule has 0 unspecified atom stereocenters. The number of aromatic nitrogens is 2. The summed E-state index contributed by atoms with van der Waals surface area (Å²) < 4.78 is 10.7. The maximum absolute atomic E-state index is 13.3. The van der Waals surface area contributed by atoms with Crippen LogP contribution in [0.25, 0.3) is 11.3 Å². The highest BCUT2D eigenvalue weighted by molar-refractivity contribution is 6.33. The second-order valence-electron chi connectivity index (χ2n) is 9.71. The van der Waals surface area contributed by atoms with Crippen molar-refractivity contribution in [1.82, 2.24) is 20.0 Å². The van der Waals surface area contributed by atoms with Gasteiger partial charge in [0.2, 0.25) is 5.91 Å². The summed E-state index contributed by atoms with van der Waals surface area (Å²) in [6, 6.07) is 16.6. The molecule has 9 nitrogen and oxygen atoms in total. The number of benzene rings is 2. The van der Waals surface area contributed by atoms with E-state index in [-0.39, 0.29) is 24.4 Å². The van der Waals surface area contributed by atoms with Crippen molar-refractivity contribution in [3.63, 3.8) is 0 Å². The summed E-state index contributed by atoms with van der Waals surface area (Å²) in [6.07, 6.45) is 2.62. The van der Waals surface area contributed by atoms with Gasteiger partial charge in [0.25, 0.3) is 5.91 Å². The van der Waals surface area contributed by atoms with Gasteiger partial charge in [0.05, 0.1) is 30.5 Å². The van der Waals surface area contributed by atoms with E-state index in [1.807, 2.05) is 35.2 Å². The van der Waals surface area contributed by atoms with Crippen LogP contribution in [-0.2, 0) is 4.79 Å². The van der Waals surface area contributed by atoms with Crippen molar-refractivity contribution < 1.29 is 19.1 Å². The molecule has 2 amide bonds. The van der Waals surface area contributed by atoms with Crippen molar-refractivity contribution in [2.24, 2.45) is 0 Å². The van der Waals surface area contributed by atoms with Gasteiger partial charge in [0.1, 0.15) is 6.54 Å². The molecule has 1 saturated carbocycles. The van der Waals surface area contributed by atoms with Crippen molar-refractivity contribution >= 4 is 29.2 Å². The third-order valence-corrected chi connectivity index (χ3v) is 7.49. The average molecular weight is 550 g/mol. The number of halogens is 1. The van der Waals surface area contributed by atoms with Gasteiger partial charge in [-0.2, -0.15) is 0 Å². The molecule has 0 N–H and O–H groups in total. The van der Waals surface area contributed by atoms with Gasteiger partial charge in [-0.1, -0.05) is 23.7 Å². The molecule has 0 bridgehead atoms. The standard InChI is InChI=1S/C29H32ClN5O4/c1-38-25-12-8-20(18-26(25)39-2)24-11-13-27(32-31-24)33-14-5-15-34(17-16-33)28(36)19-35(21-9-10-21)29(37)22-6-3-4-7-23(22)30/h3-4,6-8,11-13,18,21H,5,9-10,14-17,19H2,1-2H3. The second kappa shape index (κ2) is 11.9. The SMILES string of the molecule is COc1ccc(-c2ccc(N3CCCN(C(=O)CN(C(=O)c4ccccc4Cl)C4CC4)CC3)nn2)cc1OC. The Bertz CT molecular complexity index is 1330. The normalized spacial score (nSPS) is 15.5. The van der Waals surface area contributed by atoms with Crippen LogP contribution in [0.2, 0.25) is 5.02 Å². The first-order valence-corrected chi connectivity index (χ1v) is 13.5. The molecule has 204 valence electrons. The lowest BCUT2D eigenvalue weighted by Gasteiger charge is -2.27. The zero-order valence-electron chi connectivity index (χ0n) is 22.2. The maximum Gasteiger partial charge on any atom is 0.256 e. The Morgan fingerprint density at radius 3 is 2.44 bits per heavy atom. The van der Waals surface area contributed by atoms with Gasteiger partial charge in [-0.15, -0.1) is 10.2 Å². The number of amides is 2. The molecule has 0 atom stereocenters. The van der Waals surface area contributed by atoms with E-state index in [0.29, 0.717) is 41.7 Å². The smallest absolute Gasteiger partial charge is 0.256 e. The number of methoxy groups -OCH3 is 2. The highest BCUT2D eigenvalue weighted by atomic mass is 35.5. The molecule has 2 heterocycles. The molecule has 39 heavy (non-hydrogen) atoms. The van der Waals surface area contributed by atoms with Gasteiger partial charge in [-0.05, 0) is 61.7 Å². The van der Waals surface area contributed by atoms with E-state index in [0.717, 1.165) is 42.9 Å². The largest absolute Gasteiger partial charge is 0.493 e. The van der Waals surface area contributed by atoms with Gasteiger partial charge >= 0.3 is 0 Å². The second-order valence-corrected chi connectivity index (χ2v) is 10.1. The van der Waals surface area contributed by atoms with E-state index in [9.17, 15) is 9.59 Å². The summed E-state index contributed by atoms with van der Waals surface area (Å²) in [5.41, 5.74) is 2.05. The van der Waals surface area contributed by atoms with Crippen LogP contribution in [0, 0.1) is 0 Å². The Kier molecular flexibility index (Phi) is 8.16. The van der Waals surface area contributed by atoms with E-state index in [2.05, 4.69) is 15.1 Å². The Morgan fingerprint density at radius 1 is 0.949 bits per heavy atom. The van der Waals surface area contributed by atoms with E-state index in [1.54, 1.807) is 43.4 Å². The van der Waals surface area contributed by atoms with E-state index in [4.69, 9.17) is 21.1 Å². The van der Waals surface area contributed by atoms with Gasteiger partial charge in [0.15, 0.2) is 17.3 Å². The lowest BCUT2D eigenvalue weighted by molar-refractivity contribution is -0.131. The Hall–Kier alpha value is -3.85. The lowest BCUT2D eigenvalue weighted by atomic mass is 10.1. The summed E-state index contributed by atoms with van der Waals surface area (Å²) in [6.45, 7) is 2.65. The number of hydrogen-bond acceptors (Lipinski definition) is 7. The highest BCUT2D eigenvalue weighted by Gasteiger charge is 2.36. The Labute approximate surface area is 233 Å². The van der Waals surface area contributed by atoms with Crippen molar-refractivity contribution in [2.45, 2.75) is 25.3 Å². The molecule has 1 aliphatic carbocycles. The molecule has 5 rings (SSSR count). The summed E-state index contributed by atoms with van der Waals surface area (Å²) in [5, 5.41) is 9.31. The van der Waals surface area contributed by atoms with Crippen molar-refractivity contribution in [3.8, 4) is 22.8 Å². The zero-order valence-corrected chi connectivity index (χ0v) is 22.9. The Morgan fingerprint density at radius 2 is 1.74 bits per heavy atom. The fourth-order valence-electron chi connectivity index (χ4n) is 4.83. The van der Waals surface area contributed by atoms with Crippen molar-refractivity contribution in [3.05, 3.63) is 65.2 Å². The minimum absolute atomic E-state index is 0.0426. The first-order valence-electron chi connectivity index (χ1n) is 13.1. The number of rotatable bonds is 8. The molecule has 2 aliphatic rings.